The first-order valence-corrected chi connectivity index (χ1v) is 16.4. The molecule has 0 unspecified atom stereocenters. The van der Waals surface area contributed by atoms with Gasteiger partial charge in [-0.15, -0.1) is 22.7 Å². The van der Waals surface area contributed by atoms with Gasteiger partial charge in [-0.3, -0.25) is 0 Å². The number of halogens is 2. The molecule has 0 amide bonds. The van der Waals surface area contributed by atoms with Gasteiger partial charge in [-0.2, -0.15) is 0 Å². The van der Waals surface area contributed by atoms with Crippen LogP contribution in [-0.2, 0) is 9.47 Å². The molecule has 214 valence electrons. The molecule has 0 aliphatic rings. The van der Waals surface area contributed by atoms with Crippen LogP contribution in [0.15, 0.2) is 66.9 Å². The Hall–Kier alpha value is -2.08. The molecular weight excluding hydrogens is 680 g/mol. The number of unbranched alkanes of at least 4 members (excludes halogenated alkanes) is 1. The van der Waals surface area contributed by atoms with Crippen LogP contribution in [0.5, 0.6) is 23.0 Å². The summed E-state index contributed by atoms with van der Waals surface area (Å²) in [6, 6.07) is 16.1. The SMILES string of the molecule is CCOCOc1c(-c2ccccc2OCCCCOc2ccccc2-c2csc(Br)c2OCOCC)csc1Br. The van der Waals surface area contributed by atoms with Gasteiger partial charge in [0.1, 0.15) is 19.1 Å². The van der Waals surface area contributed by atoms with E-state index in [1.54, 1.807) is 22.7 Å². The quantitative estimate of drug-likeness (QED) is 0.0803. The largest absolute Gasteiger partial charge is 0.493 e. The second kappa shape index (κ2) is 16.4. The minimum atomic E-state index is 0.205. The number of hydrogen-bond donors (Lipinski definition) is 0. The molecule has 0 saturated carbocycles. The summed E-state index contributed by atoms with van der Waals surface area (Å²) in [7, 11) is 0. The van der Waals surface area contributed by atoms with Gasteiger partial charge in [0.25, 0.3) is 0 Å². The van der Waals surface area contributed by atoms with Crippen molar-refractivity contribution in [2.45, 2.75) is 26.7 Å². The second-order valence-corrected chi connectivity index (χ2v) is 12.8. The molecule has 0 aliphatic heterocycles. The summed E-state index contributed by atoms with van der Waals surface area (Å²) < 4.78 is 36.8. The van der Waals surface area contributed by atoms with Crippen molar-refractivity contribution in [3.05, 3.63) is 66.9 Å². The second-order valence-electron chi connectivity index (χ2n) is 8.41. The Morgan fingerprint density at radius 3 is 1.43 bits per heavy atom. The molecule has 0 radical (unpaired) electrons. The van der Waals surface area contributed by atoms with Gasteiger partial charge >= 0.3 is 0 Å². The number of para-hydroxylation sites is 2. The maximum absolute atomic E-state index is 6.21. The molecule has 0 spiro atoms. The zero-order valence-electron chi connectivity index (χ0n) is 22.5. The van der Waals surface area contributed by atoms with E-state index >= 15 is 0 Å². The van der Waals surface area contributed by atoms with Crippen molar-refractivity contribution < 1.29 is 28.4 Å². The Morgan fingerprint density at radius 2 is 1.00 bits per heavy atom. The van der Waals surface area contributed by atoms with E-state index in [-0.39, 0.29) is 13.6 Å². The lowest BCUT2D eigenvalue weighted by atomic mass is 10.1. The zero-order chi connectivity index (χ0) is 28.2. The van der Waals surface area contributed by atoms with Crippen molar-refractivity contribution >= 4 is 54.5 Å². The lowest BCUT2D eigenvalue weighted by Gasteiger charge is -2.14. The van der Waals surface area contributed by atoms with E-state index in [2.05, 4.69) is 42.6 Å². The van der Waals surface area contributed by atoms with Crippen LogP contribution in [0.2, 0.25) is 0 Å². The van der Waals surface area contributed by atoms with Crippen molar-refractivity contribution in [2.24, 2.45) is 0 Å². The molecule has 2 heterocycles. The van der Waals surface area contributed by atoms with E-state index in [0.29, 0.717) is 26.4 Å². The molecule has 0 fully saturated rings. The average Bonchev–Trinajstić information content (AvgIpc) is 3.53. The van der Waals surface area contributed by atoms with Gasteiger partial charge in [-0.05, 0) is 70.7 Å². The van der Waals surface area contributed by atoms with Crippen molar-refractivity contribution in [1.82, 2.24) is 0 Å². The van der Waals surface area contributed by atoms with Gasteiger partial charge in [-0.25, -0.2) is 0 Å². The normalized spacial score (nSPS) is 11.0. The highest BCUT2D eigenvalue weighted by atomic mass is 79.9. The number of rotatable bonds is 17. The van der Waals surface area contributed by atoms with E-state index in [1.807, 2.05) is 62.4 Å². The summed E-state index contributed by atoms with van der Waals surface area (Å²) in [5.74, 6) is 3.18. The highest BCUT2D eigenvalue weighted by Crippen LogP contribution is 2.46. The van der Waals surface area contributed by atoms with Crippen LogP contribution in [0.3, 0.4) is 0 Å². The van der Waals surface area contributed by atoms with Crippen molar-refractivity contribution in [2.75, 3.05) is 40.0 Å². The van der Waals surface area contributed by atoms with Crippen LogP contribution < -0.4 is 18.9 Å². The molecule has 0 atom stereocenters. The standard InChI is InChI=1S/C30H32Br2O6S2/c1-3-33-19-37-27-23(17-39-29(27)31)21-11-5-7-13-25(21)35-15-9-10-16-36-26-14-8-6-12-22(26)24-18-40-30(32)28(24)38-20-34-4-2/h5-8,11-14,17-18H,3-4,9-10,15-16,19-20H2,1-2H3. The molecule has 4 aromatic rings. The van der Waals surface area contributed by atoms with Crippen LogP contribution in [0.25, 0.3) is 22.3 Å². The van der Waals surface area contributed by atoms with E-state index in [9.17, 15) is 0 Å². The third-order valence-corrected chi connectivity index (χ3v) is 9.13. The first-order valence-electron chi connectivity index (χ1n) is 13.0. The predicted molar refractivity (Wildman–Crippen MR) is 169 cm³/mol. The van der Waals surface area contributed by atoms with Gasteiger partial charge in [0, 0.05) is 46.2 Å². The van der Waals surface area contributed by atoms with Gasteiger partial charge in [0.05, 0.1) is 13.2 Å². The van der Waals surface area contributed by atoms with Crippen LogP contribution in [0, 0.1) is 0 Å². The third-order valence-electron chi connectivity index (χ3n) is 5.80. The predicted octanol–water partition coefficient (Wildman–Crippen LogP) is 9.65. The average molecular weight is 713 g/mol. The van der Waals surface area contributed by atoms with Gasteiger partial charge in [-0.1, -0.05) is 36.4 Å². The van der Waals surface area contributed by atoms with Crippen LogP contribution in [-0.4, -0.2) is 40.0 Å². The molecule has 0 saturated heterocycles. The number of thiophene rings is 2. The molecular formula is C30H32Br2O6S2. The molecule has 2 aromatic carbocycles. The van der Waals surface area contributed by atoms with Crippen molar-refractivity contribution in [3.63, 3.8) is 0 Å². The Labute approximate surface area is 260 Å². The van der Waals surface area contributed by atoms with Gasteiger partial charge < -0.3 is 28.4 Å². The molecule has 2 aromatic heterocycles. The summed E-state index contributed by atoms with van der Waals surface area (Å²) in [4.78, 5) is 0. The summed E-state index contributed by atoms with van der Waals surface area (Å²) in [5.41, 5.74) is 3.95. The minimum absolute atomic E-state index is 0.205. The lowest BCUT2D eigenvalue weighted by Crippen LogP contribution is -2.05. The summed E-state index contributed by atoms with van der Waals surface area (Å²) >= 11 is 10.4. The summed E-state index contributed by atoms with van der Waals surface area (Å²) in [6.07, 6.45) is 1.70. The fourth-order valence-corrected chi connectivity index (χ4v) is 6.53. The topological polar surface area (TPSA) is 55.4 Å². The monoisotopic (exact) mass is 710 g/mol. The summed E-state index contributed by atoms with van der Waals surface area (Å²) in [5, 5.41) is 4.14. The maximum atomic E-state index is 6.21. The minimum Gasteiger partial charge on any atom is -0.493 e. The molecule has 4 rings (SSSR count). The molecule has 0 N–H and O–H groups in total. The maximum Gasteiger partial charge on any atom is 0.189 e. The Morgan fingerprint density at radius 1 is 0.575 bits per heavy atom. The van der Waals surface area contributed by atoms with Crippen LogP contribution in [0.1, 0.15) is 26.7 Å². The Balaban J connectivity index is 1.32. The van der Waals surface area contributed by atoms with E-state index in [0.717, 1.165) is 65.7 Å². The number of benzene rings is 2. The fraction of sp³-hybridized carbons (Fsp3) is 0.333. The lowest BCUT2D eigenvalue weighted by molar-refractivity contribution is 0.0224. The molecule has 0 bridgehead atoms. The fourth-order valence-electron chi connectivity index (χ4n) is 3.85. The molecule has 10 heteroatoms. The molecule has 0 aliphatic carbocycles. The number of hydrogen-bond acceptors (Lipinski definition) is 8. The number of ether oxygens (including phenoxy) is 6. The van der Waals surface area contributed by atoms with E-state index in [4.69, 9.17) is 28.4 Å². The highest BCUT2D eigenvalue weighted by Gasteiger charge is 2.18. The highest BCUT2D eigenvalue weighted by molar-refractivity contribution is 9.11. The zero-order valence-corrected chi connectivity index (χ0v) is 27.3. The van der Waals surface area contributed by atoms with E-state index in [1.165, 1.54) is 0 Å². The first-order chi connectivity index (χ1) is 19.6. The molecule has 40 heavy (non-hydrogen) atoms. The first kappa shape index (κ1) is 30.9. The van der Waals surface area contributed by atoms with Gasteiger partial charge in [0.2, 0.25) is 0 Å². The third kappa shape index (κ3) is 8.24. The molecule has 6 nitrogen and oxygen atoms in total. The van der Waals surface area contributed by atoms with Crippen molar-refractivity contribution in [1.29, 1.82) is 0 Å². The Bertz CT molecular complexity index is 1240. The Kier molecular flexibility index (Phi) is 12.6. The summed E-state index contributed by atoms with van der Waals surface area (Å²) in [6.45, 7) is 6.65. The van der Waals surface area contributed by atoms with E-state index < -0.39 is 0 Å². The van der Waals surface area contributed by atoms with Crippen molar-refractivity contribution in [3.8, 4) is 45.3 Å². The van der Waals surface area contributed by atoms with Gasteiger partial charge in [0.15, 0.2) is 25.1 Å². The smallest absolute Gasteiger partial charge is 0.189 e. The van der Waals surface area contributed by atoms with Crippen LogP contribution in [0.4, 0.5) is 0 Å². The van der Waals surface area contributed by atoms with Crippen LogP contribution >= 0.6 is 54.5 Å².